The fourth-order valence-corrected chi connectivity index (χ4v) is 2.35. The molecule has 1 aromatic heterocycles. The van der Waals surface area contributed by atoms with Crippen LogP contribution < -0.4 is 5.32 Å². The maximum atomic E-state index is 4.69. The summed E-state index contributed by atoms with van der Waals surface area (Å²) in [6.45, 7) is 8.19. The number of aromatic nitrogens is 3. The Morgan fingerprint density at radius 1 is 1.10 bits per heavy atom. The molecule has 1 unspecified atom stereocenters. The van der Waals surface area contributed by atoms with Crippen molar-refractivity contribution in [3.8, 4) is 0 Å². The Morgan fingerprint density at radius 3 is 2.45 bits per heavy atom. The van der Waals surface area contributed by atoms with Gasteiger partial charge in [-0.2, -0.15) is 5.10 Å². The standard InChI is InChI=1S/C16H24N4/c1-4-15-18-16(5-2)20(19-15)14(12-17-6-3)13-10-8-7-9-11-13/h7-11,14,17H,4-6,12H2,1-3H3. The molecule has 0 bridgehead atoms. The van der Waals surface area contributed by atoms with Crippen molar-refractivity contribution in [1.82, 2.24) is 20.1 Å². The third kappa shape index (κ3) is 3.25. The highest BCUT2D eigenvalue weighted by Crippen LogP contribution is 2.19. The van der Waals surface area contributed by atoms with E-state index in [2.05, 4.69) is 60.0 Å². The largest absolute Gasteiger partial charge is 0.315 e. The summed E-state index contributed by atoms with van der Waals surface area (Å²) in [5, 5.41) is 8.13. The highest BCUT2D eigenvalue weighted by Gasteiger charge is 2.18. The Balaban J connectivity index is 2.38. The van der Waals surface area contributed by atoms with Gasteiger partial charge >= 0.3 is 0 Å². The van der Waals surface area contributed by atoms with Crippen molar-refractivity contribution in [2.24, 2.45) is 0 Å². The van der Waals surface area contributed by atoms with Gasteiger partial charge in [0.2, 0.25) is 0 Å². The fourth-order valence-electron chi connectivity index (χ4n) is 2.35. The van der Waals surface area contributed by atoms with Crippen LogP contribution >= 0.6 is 0 Å². The third-order valence-electron chi connectivity index (χ3n) is 3.45. The minimum atomic E-state index is 0.207. The lowest BCUT2D eigenvalue weighted by Gasteiger charge is -2.20. The number of hydrogen-bond acceptors (Lipinski definition) is 3. The lowest BCUT2D eigenvalue weighted by molar-refractivity contribution is 0.468. The molecule has 108 valence electrons. The number of benzene rings is 1. The Bertz CT molecular complexity index is 519. The third-order valence-corrected chi connectivity index (χ3v) is 3.45. The normalized spacial score (nSPS) is 12.6. The van der Waals surface area contributed by atoms with E-state index in [0.717, 1.165) is 37.6 Å². The van der Waals surface area contributed by atoms with Gasteiger partial charge in [-0.1, -0.05) is 51.1 Å². The zero-order valence-electron chi connectivity index (χ0n) is 12.6. The topological polar surface area (TPSA) is 42.7 Å². The van der Waals surface area contributed by atoms with Crippen molar-refractivity contribution < 1.29 is 0 Å². The van der Waals surface area contributed by atoms with Crippen LogP contribution in [0.25, 0.3) is 0 Å². The summed E-state index contributed by atoms with van der Waals surface area (Å²) in [5.74, 6) is 1.99. The van der Waals surface area contributed by atoms with E-state index in [1.165, 1.54) is 5.56 Å². The van der Waals surface area contributed by atoms with Gasteiger partial charge < -0.3 is 5.32 Å². The summed E-state index contributed by atoms with van der Waals surface area (Å²) >= 11 is 0. The van der Waals surface area contributed by atoms with Crippen LogP contribution in [-0.4, -0.2) is 27.9 Å². The molecule has 1 N–H and O–H groups in total. The Labute approximate surface area is 121 Å². The summed E-state index contributed by atoms with van der Waals surface area (Å²) in [4.78, 5) is 4.63. The summed E-state index contributed by atoms with van der Waals surface area (Å²) in [5.41, 5.74) is 1.27. The summed E-state index contributed by atoms with van der Waals surface area (Å²) < 4.78 is 2.09. The molecule has 0 aliphatic heterocycles. The Morgan fingerprint density at radius 2 is 1.85 bits per heavy atom. The van der Waals surface area contributed by atoms with E-state index in [9.17, 15) is 0 Å². The monoisotopic (exact) mass is 272 g/mol. The molecule has 2 aromatic rings. The minimum Gasteiger partial charge on any atom is -0.315 e. The van der Waals surface area contributed by atoms with Gasteiger partial charge in [-0.3, -0.25) is 0 Å². The van der Waals surface area contributed by atoms with Gasteiger partial charge in [0, 0.05) is 19.4 Å². The van der Waals surface area contributed by atoms with Gasteiger partial charge in [0.25, 0.3) is 0 Å². The average molecular weight is 272 g/mol. The van der Waals surface area contributed by atoms with Crippen LogP contribution in [0.15, 0.2) is 30.3 Å². The van der Waals surface area contributed by atoms with E-state index in [1.54, 1.807) is 0 Å². The van der Waals surface area contributed by atoms with Crippen LogP contribution in [0.1, 0.15) is 44.0 Å². The molecule has 0 aliphatic rings. The van der Waals surface area contributed by atoms with Crippen LogP contribution in [0.5, 0.6) is 0 Å². The Kier molecular flexibility index (Phi) is 5.30. The molecular weight excluding hydrogens is 248 g/mol. The van der Waals surface area contributed by atoms with Crippen molar-refractivity contribution in [2.75, 3.05) is 13.1 Å². The maximum absolute atomic E-state index is 4.69. The van der Waals surface area contributed by atoms with Gasteiger partial charge in [-0.15, -0.1) is 0 Å². The molecule has 2 rings (SSSR count). The number of hydrogen-bond donors (Lipinski definition) is 1. The molecule has 0 saturated carbocycles. The highest BCUT2D eigenvalue weighted by molar-refractivity contribution is 5.20. The predicted octanol–water partition coefficient (Wildman–Crippen LogP) is 2.60. The SMILES string of the molecule is CCNCC(c1ccccc1)n1nc(CC)nc1CC. The van der Waals surface area contributed by atoms with Crippen molar-refractivity contribution in [2.45, 2.75) is 39.7 Å². The van der Waals surface area contributed by atoms with Gasteiger partial charge in [-0.25, -0.2) is 9.67 Å². The number of aryl methyl sites for hydroxylation is 2. The number of rotatable bonds is 7. The first-order valence-electron chi connectivity index (χ1n) is 7.50. The molecular formula is C16H24N4. The molecule has 4 heteroatoms. The quantitative estimate of drug-likeness (QED) is 0.842. The van der Waals surface area contributed by atoms with E-state index in [0.29, 0.717) is 0 Å². The van der Waals surface area contributed by atoms with E-state index in [4.69, 9.17) is 5.10 Å². The molecule has 0 radical (unpaired) electrons. The van der Waals surface area contributed by atoms with Crippen LogP contribution in [0, 0.1) is 0 Å². The van der Waals surface area contributed by atoms with Crippen molar-refractivity contribution in [3.05, 3.63) is 47.5 Å². The van der Waals surface area contributed by atoms with Crippen molar-refractivity contribution >= 4 is 0 Å². The second kappa shape index (κ2) is 7.20. The minimum absolute atomic E-state index is 0.207. The number of nitrogens with zero attached hydrogens (tertiary/aromatic N) is 3. The van der Waals surface area contributed by atoms with Crippen LogP contribution in [-0.2, 0) is 12.8 Å². The van der Waals surface area contributed by atoms with Gasteiger partial charge in [0.1, 0.15) is 5.82 Å². The van der Waals surface area contributed by atoms with E-state index in [-0.39, 0.29) is 6.04 Å². The first-order chi connectivity index (χ1) is 9.80. The molecule has 0 aliphatic carbocycles. The van der Waals surface area contributed by atoms with Crippen LogP contribution in [0.4, 0.5) is 0 Å². The summed E-state index contributed by atoms with van der Waals surface area (Å²) in [7, 11) is 0. The smallest absolute Gasteiger partial charge is 0.150 e. The molecule has 4 nitrogen and oxygen atoms in total. The van der Waals surface area contributed by atoms with Crippen molar-refractivity contribution in [3.63, 3.8) is 0 Å². The lowest BCUT2D eigenvalue weighted by Crippen LogP contribution is -2.28. The molecule has 1 aromatic carbocycles. The molecule has 0 spiro atoms. The van der Waals surface area contributed by atoms with E-state index < -0.39 is 0 Å². The Hall–Kier alpha value is -1.68. The van der Waals surface area contributed by atoms with E-state index in [1.807, 2.05) is 6.07 Å². The second-order valence-electron chi connectivity index (χ2n) is 4.83. The first kappa shape index (κ1) is 14.7. The molecule has 1 heterocycles. The zero-order chi connectivity index (χ0) is 14.4. The molecule has 0 saturated heterocycles. The zero-order valence-corrected chi connectivity index (χ0v) is 12.6. The second-order valence-corrected chi connectivity index (χ2v) is 4.83. The van der Waals surface area contributed by atoms with Gasteiger partial charge in [-0.05, 0) is 12.1 Å². The molecule has 20 heavy (non-hydrogen) atoms. The van der Waals surface area contributed by atoms with Gasteiger partial charge in [0.15, 0.2) is 5.82 Å². The first-order valence-corrected chi connectivity index (χ1v) is 7.50. The molecule has 1 atom stereocenters. The van der Waals surface area contributed by atoms with Crippen molar-refractivity contribution in [1.29, 1.82) is 0 Å². The van der Waals surface area contributed by atoms with E-state index >= 15 is 0 Å². The number of likely N-dealkylation sites (N-methyl/N-ethyl adjacent to an activating group) is 1. The molecule has 0 amide bonds. The van der Waals surface area contributed by atoms with Gasteiger partial charge in [0.05, 0.1) is 6.04 Å². The number of nitrogens with one attached hydrogen (secondary N) is 1. The maximum Gasteiger partial charge on any atom is 0.150 e. The highest BCUT2D eigenvalue weighted by atomic mass is 15.4. The van der Waals surface area contributed by atoms with Crippen LogP contribution in [0.3, 0.4) is 0 Å². The average Bonchev–Trinajstić information content (AvgIpc) is 2.92. The summed E-state index contributed by atoms with van der Waals surface area (Å²) in [6, 6.07) is 10.7. The lowest BCUT2D eigenvalue weighted by atomic mass is 10.1. The molecule has 0 fully saturated rings. The predicted molar refractivity (Wildman–Crippen MR) is 81.9 cm³/mol. The summed E-state index contributed by atoms with van der Waals surface area (Å²) in [6.07, 6.45) is 1.78. The van der Waals surface area contributed by atoms with Crippen LogP contribution in [0.2, 0.25) is 0 Å². The fraction of sp³-hybridized carbons (Fsp3) is 0.500.